The molecule has 0 fully saturated rings. The van der Waals surface area contributed by atoms with Gasteiger partial charge in [0.25, 0.3) is 5.69 Å². The third kappa shape index (κ3) is 3.45. The molecule has 0 atom stereocenters. The molecule has 1 aromatic carbocycles. The summed E-state index contributed by atoms with van der Waals surface area (Å²) in [5.74, 6) is 0.704. The highest BCUT2D eigenvalue weighted by molar-refractivity contribution is 6.17. The van der Waals surface area contributed by atoms with Gasteiger partial charge in [-0.05, 0) is 24.6 Å². The van der Waals surface area contributed by atoms with Gasteiger partial charge in [0.05, 0.1) is 10.8 Å². The van der Waals surface area contributed by atoms with Crippen molar-refractivity contribution in [1.82, 2.24) is 4.98 Å². The van der Waals surface area contributed by atoms with E-state index in [1.54, 1.807) is 18.5 Å². The minimum absolute atomic E-state index is 0.00484. The summed E-state index contributed by atoms with van der Waals surface area (Å²) >= 11 is 5.80. The number of halogens is 1. The van der Waals surface area contributed by atoms with Gasteiger partial charge in [0.2, 0.25) is 0 Å². The van der Waals surface area contributed by atoms with Crippen molar-refractivity contribution >= 4 is 17.3 Å². The predicted octanol–water partition coefficient (Wildman–Crippen LogP) is 3.62. The number of pyridine rings is 1. The van der Waals surface area contributed by atoms with Gasteiger partial charge in [-0.25, -0.2) is 0 Å². The molecule has 1 aromatic heterocycles. The monoisotopic (exact) mass is 292 g/mol. The van der Waals surface area contributed by atoms with Crippen LogP contribution in [0.25, 0.3) is 0 Å². The first-order chi connectivity index (χ1) is 9.60. The third-order valence-electron chi connectivity index (χ3n) is 2.72. The van der Waals surface area contributed by atoms with E-state index in [1.807, 2.05) is 13.0 Å². The highest BCUT2D eigenvalue weighted by Crippen LogP contribution is 2.26. The molecule has 0 N–H and O–H groups in total. The Balaban J connectivity index is 2.15. The molecule has 0 spiro atoms. The Morgan fingerprint density at radius 2 is 2.15 bits per heavy atom. The van der Waals surface area contributed by atoms with E-state index in [1.165, 1.54) is 12.1 Å². The van der Waals surface area contributed by atoms with Crippen molar-refractivity contribution in [2.75, 3.05) is 0 Å². The number of benzene rings is 1. The fraction of sp³-hybridized carbons (Fsp3) is 0.214. The van der Waals surface area contributed by atoms with Gasteiger partial charge in [-0.1, -0.05) is 0 Å². The number of hydrogen-bond donors (Lipinski definition) is 0. The standard InChI is InChI=1S/C14H13ClN2O3/c1-10-4-11(8-16-7-10)9-20-14-3-2-13(17(18)19)5-12(14)6-15/h2-5,7-8H,6,9H2,1H3. The highest BCUT2D eigenvalue weighted by atomic mass is 35.5. The first kappa shape index (κ1) is 14.3. The van der Waals surface area contributed by atoms with Crippen LogP contribution in [0.1, 0.15) is 16.7 Å². The number of nitro groups is 1. The number of aromatic nitrogens is 1. The van der Waals surface area contributed by atoms with Crippen LogP contribution in [-0.4, -0.2) is 9.91 Å². The van der Waals surface area contributed by atoms with Gasteiger partial charge in [0, 0.05) is 35.7 Å². The molecule has 0 aliphatic heterocycles. The maximum absolute atomic E-state index is 10.7. The number of alkyl halides is 1. The summed E-state index contributed by atoms with van der Waals surface area (Å²) in [6, 6.07) is 6.37. The van der Waals surface area contributed by atoms with Crippen molar-refractivity contribution in [3.63, 3.8) is 0 Å². The molecule has 2 rings (SSSR count). The summed E-state index contributed by atoms with van der Waals surface area (Å²) in [6.07, 6.45) is 3.48. The maximum Gasteiger partial charge on any atom is 0.270 e. The largest absolute Gasteiger partial charge is 0.489 e. The summed E-state index contributed by atoms with van der Waals surface area (Å²) < 4.78 is 5.66. The fourth-order valence-corrected chi connectivity index (χ4v) is 1.99. The summed E-state index contributed by atoms with van der Waals surface area (Å²) in [7, 11) is 0. The number of ether oxygens (including phenoxy) is 1. The lowest BCUT2D eigenvalue weighted by atomic mass is 10.2. The number of nitro benzene ring substituents is 1. The smallest absolute Gasteiger partial charge is 0.270 e. The molecule has 0 bridgehead atoms. The molecule has 20 heavy (non-hydrogen) atoms. The Labute approximate surface area is 121 Å². The van der Waals surface area contributed by atoms with Gasteiger partial charge in [-0.2, -0.15) is 0 Å². The van der Waals surface area contributed by atoms with Crippen molar-refractivity contribution in [3.8, 4) is 5.75 Å². The lowest BCUT2D eigenvalue weighted by Crippen LogP contribution is -2.00. The van der Waals surface area contributed by atoms with E-state index in [2.05, 4.69) is 4.98 Å². The van der Waals surface area contributed by atoms with E-state index < -0.39 is 4.92 Å². The quantitative estimate of drug-likeness (QED) is 0.479. The van der Waals surface area contributed by atoms with Crippen molar-refractivity contribution in [2.24, 2.45) is 0 Å². The Bertz CT molecular complexity index is 632. The van der Waals surface area contributed by atoms with Gasteiger partial charge in [-0.15, -0.1) is 11.6 Å². The molecule has 6 heteroatoms. The molecule has 0 aliphatic carbocycles. The summed E-state index contributed by atoms with van der Waals surface area (Å²) in [5, 5.41) is 10.7. The normalized spacial score (nSPS) is 10.3. The maximum atomic E-state index is 10.7. The minimum atomic E-state index is -0.454. The van der Waals surface area contributed by atoms with Crippen LogP contribution in [0.4, 0.5) is 5.69 Å². The molecule has 0 saturated carbocycles. The second-order valence-corrected chi connectivity index (χ2v) is 4.61. The molecule has 0 radical (unpaired) electrons. The molecule has 0 aliphatic rings. The fourth-order valence-electron chi connectivity index (χ4n) is 1.78. The van der Waals surface area contributed by atoms with Crippen molar-refractivity contribution in [2.45, 2.75) is 19.4 Å². The van der Waals surface area contributed by atoms with Gasteiger partial charge >= 0.3 is 0 Å². The molecule has 2 aromatic rings. The number of aryl methyl sites for hydroxylation is 1. The zero-order valence-electron chi connectivity index (χ0n) is 10.9. The summed E-state index contributed by atoms with van der Waals surface area (Å²) in [6.45, 7) is 2.29. The number of nitrogens with zero attached hydrogens (tertiary/aromatic N) is 2. The average molecular weight is 293 g/mol. The van der Waals surface area contributed by atoms with Crippen LogP contribution in [0, 0.1) is 17.0 Å². The summed E-state index contributed by atoms with van der Waals surface area (Å²) in [4.78, 5) is 14.3. The van der Waals surface area contributed by atoms with Crippen LogP contribution in [0.2, 0.25) is 0 Å². The van der Waals surface area contributed by atoms with Gasteiger partial charge in [0.15, 0.2) is 0 Å². The van der Waals surface area contributed by atoms with E-state index in [0.717, 1.165) is 11.1 Å². The molecule has 5 nitrogen and oxygen atoms in total. The Kier molecular flexibility index (Phi) is 4.53. The van der Waals surface area contributed by atoms with Crippen LogP contribution >= 0.6 is 11.6 Å². The minimum Gasteiger partial charge on any atom is -0.489 e. The lowest BCUT2D eigenvalue weighted by molar-refractivity contribution is -0.384. The van der Waals surface area contributed by atoms with Crippen LogP contribution in [0.15, 0.2) is 36.7 Å². The van der Waals surface area contributed by atoms with Gasteiger partial charge < -0.3 is 4.74 Å². The molecule has 0 unspecified atom stereocenters. The third-order valence-corrected chi connectivity index (χ3v) is 3.01. The van der Waals surface area contributed by atoms with Crippen LogP contribution in [0.5, 0.6) is 5.75 Å². The van der Waals surface area contributed by atoms with E-state index in [9.17, 15) is 10.1 Å². The van der Waals surface area contributed by atoms with Crippen molar-refractivity contribution < 1.29 is 9.66 Å². The Morgan fingerprint density at radius 1 is 1.35 bits per heavy atom. The van der Waals surface area contributed by atoms with Gasteiger partial charge in [0.1, 0.15) is 12.4 Å². The van der Waals surface area contributed by atoms with Crippen molar-refractivity contribution in [3.05, 3.63) is 63.5 Å². The number of rotatable bonds is 5. The van der Waals surface area contributed by atoms with Crippen LogP contribution in [0.3, 0.4) is 0 Å². The first-order valence-electron chi connectivity index (χ1n) is 5.97. The number of hydrogen-bond acceptors (Lipinski definition) is 4. The molecule has 1 heterocycles. The van der Waals surface area contributed by atoms with E-state index in [-0.39, 0.29) is 11.6 Å². The van der Waals surface area contributed by atoms with Crippen LogP contribution in [-0.2, 0) is 12.5 Å². The highest BCUT2D eigenvalue weighted by Gasteiger charge is 2.11. The zero-order chi connectivity index (χ0) is 14.5. The predicted molar refractivity (Wildman–Crippen MR) is 76.0 cm³/mol. The van der Waals surface area contributed by atoms with Gasteiger partial charge in [-0.3, -0.25) is 15.1 Å². The Morgan fingerprint density at radius 3 is 2.80 bits per heavy atom. The lowest BCUT2D eigenvalue weighted by Gasteiger charge is -2.10. The molecule has 0 saturated heterocycles. The Hall–Kier alpha value is -2.14. The number of non-ortho nitro benzene ring substituents is 1. The topological polar surface area (TPSA) is 65.3 Å². The molecular weight excluding hydrogens is 280 g/mol. The summed E-state index contributed by atoms with van der Waals surface area (Å²) in [5.41, 5.74) is 2.59. The van der Waals surface area contributed by atoms with Crippen LogP contribution < -0.4 is 4.74 Å². The second-order valence-electron chi connectivity index (χ2n) is 4.34. The van der Waals surface area contributed by atoms with E-state index in [0.29, 0.717) is 17.9 Å². The zero-order valence-corrected chi connectivity index (χ0v) is 11.6. The second kappa shape index (κ2) is 6.34. The SMILES string of the molecule is Cc1cncc(COc2ccc([N+](=O)[O-])cc2CCl)c1. The average Bonchev–Trinajstić information content (AvgIpc) is 2.45. The molecular formula is C14H13ClN2O3. The van der Waals surface area contributed by atoms with Crippen molar-refractivity contribution in [1.29, 1.82) is 0 Å². The van der Waals surface area contributed by atoms with E-state index >= 15 is 0 Å². The molecule has 104 valence electrons. The first-order valence-corrected chi connectivity index (χ1v) is 6.50. The molecule has 0 amide bonds. The van der Waals surface area contributed by atoms with E-state index in [4.69, 9.17) is 16.3 Å².